The van der Waals surface area contributed by atoms with Gasteiger partial charge in [-0.15, -0.1) is 0 Å². The van der Waals surface area contributed by atoms with Gasteiger partial charge in [-0.05, 0) is 36.2 Å². The minimum atomic E-state index is -1.06. The van der Waals surface area contributed by atoms with E-state index < -0.39 is 5.97 Å². The van der Waals surface area contributed by atoms with E-state index in [0.717, 1.165) is 5.56 Å². The first kappa shape index (κ1) is 15.6. The molecule has 0 saturated heterocycles. The molecule has 22 heavy (non-hydrogen) atoms. The van der Waals surface area contributed by atoms with E-state index in [-0.39, 0.29) is 23.5 Å². The second-order valence-electron chi connectivity index (χ2n) is 4.82. The molecule has 0 saturated carbocycles. The highest BCUT2D eigenvalue weighted by molar-refractivity contribution is 5.98. The predicted octanol–water partition coefficient (Wildman–Crippen LogP) is 2.91. The van der Waals surface area contributed by atoms with Crippen LogP contribution in [0.25, 0.3) is 0 Å². The van der Waals surface area contributed by atoms with Crippen LogP contribution in [0.2, 0.25) is 0 Å². The Labute approximate surface area is 127 Å². The summed E-state index contributed by atoms with van der Waals surface area (Å²) in [7, 11) is 1.47. The van der Waals surface area contributed by atoms with Crippen molar-refractivity contribution in [2.45, 2.75) is 12.8 Å². The molecule has 0 amide bonds. The van der Waals surface area contributed by atoms with Crippen molar-refractivity contribution in [1.29, 1.82) is 0 Å². The number of carbonyl (C=O) groups is 2. The Morgan fingerprint density at radius 2 is 1.82 bits per heavy atom. The van der Waals surface area contributed by atoms with Gasteiger partial charge in [0.05, 0.1) is 12.7 Å². The number of phenols is 1. The SMILES string of the molecule is COc1ccc(CCC(=O)c2cccc(C(=O)O)c2)cc1O. The van der Waals surface area contributed by atoms with Crippen LogP contribution in [0.5, 0.6) is 11.5 Å². The van der Waals surface area contributed by atoms with Gasteiger partial charge in [0.15, 0.2) is 17.3 Å². The Bertz CT molecular complexity index is 706. The zero-order chi connectivity index (χ0) is 16.1. The van der Waals surface area contributed by atoms with Crippen LogP contribution in [0.15, 0.2) is 42.5 Å². The molecule has 0 heterocycles. The molecule has 2 N–H and O–H groups in total. The maximum atomic E-state index is 12.1. The largest absolute Gasteiger partial charge is 0.504 e. The number of aromatic carboxylic acids is 1. The van der Waals surface area contributed by atoms with Gasteiger partial charge in [0, 0.05) is 12.0 Å². The Kier molecular flexibility index (Phi) is 4.78. The van der Waals surface area contributed by atoms with Crippen molar-refractivity contribution < 1.29 is 24.5 Å². The lowest BCUT2D eigenvalue weighted by atomic mass is 10.0. The molecule has 5 heteroatoms. The first-order valence-electron chi connectivity index (χ1n) is 6.73. The fourth-order valence-electron chi connectivity index (χ4n) is 2.12. The molecule has 5 nitrogen and oxygen atoms in total. The lowest BCUT2D eigenvalue weighted by molar-refractivity contribution is 0.0697. The van der Waals surface area contributed by atoms with Gasteiger partial charge in [0.1, 0.15) is 0 Å². The third kappa shape index (κ3) is 3.63. The predicted molar refractivity (Wildman–Crippen MR) is 80.7 cm³/mol. The number of aryl methyl sites for hydroxylation is 1. The molecular weight excluding hydrogens is 284 g/mol. The molecule has 0 radical (unpaired) electrons. The number of benzene rings is 2. The zero-order valence-electron chi connectivity index (χ0n) is 12.1. The van der Waals surface area contributed by atoms with Gasteiger partial charge in [-0.3, -0.25) is 4.79 Å². The first-order valence-corrected chi connectivity index (χ1v) is 6.73. The molecule has 2 aromatic rings. The summed E-state index contributed by atoms with van der Waals surface area (Å²) in [6.45, 7) is 0. The molecule has 0 aliphatic heterocycles. The number of methoxy groups -OCH3 is 1. The summed E-state index contributed by atoms with van der Waals surface area (Å²) in [5.74, 6) is -0.794. The normalized spacial score (nSPS) is 10.2. The molecule has 114 valence electrons. The molecule has 0 atom stereocenters. The monoisotopic (exact) mass is 300 g/mol. The van der Waals surface area contributed by atoms with E-state index in [1.54, 1.807) is 30.3 Å². The quantitative estimate of drug-likeness (QED) is 0.801. The molecule has 0 fully saturated rings. The number of aromatic hydroxyl groups is 1. The van der Waals surface area contributed by atoms with Gasteiger partial charge < -0.3 is 14.9 Å². The standard InChI is InChI=1S/C17H16O5/c1-22-16-8-6-11(9-15(16)19)5-7-14(18)12-3-2-4-13(10-12)17(20)21/h2-4,6,8-10,19H,5,7H2,1H3,(H,20,21). The number of hydrogen-bond donors (Lipinski definition) is 2. The van der Waals surface area contributed by atoms with Crippen LogP contribution in [0.4, 0.5) is 0 Å². The third-order valence-corrected chi connectivity index (χ3v) is 3.32. The number of carboxylic acid groups (broad SMARTS) is 1. The van der Waals surface area contributed by atoms with Gasteiger partial charge in [-0.1, -0.05) is 18.2 Å². The molecule has 0 aliphatic rings. The molecule has 2 aromatic carbocycles. The first-order chi connectivity index (χ1) is 10.5. The molecular formula is C17H16O5. The van der Waals surface area contributed by atoms with Gasteiger partial charge in [-0.2, -0.15) is 0 Å². The zero-order valence-corrected chi connectivity index (χ0v) is 12.1. The molecule has 0 unspecified atom stereocenters. The average molecular weight is 300 g/mol. The van der Waals surface area contributed by atoms with Crippen LogP contribution >= 0.6 is 0 Å². The summed E-state index contributed by atoms with van der Waals surface area (Å²) in [5, 5.41) is 18.6. The smallest absolute Gasteiger partial charge is 0.335 e. The van der Waals surface area contributed by atoms with Crippen molar-refractivity contribution in [2.75, 3.05) is 7.11 Å². The molecule has 2 rings (SSSR count). The highest BCUT2D eigenvalue weighted by Crippen LogP contribution is 2.26. The van der Waals surface area contributed by atoms with E-state index >= 15 is 0 Å². The van der Waals surface area contributed by atoms with E-state index in [0.29, 0.717) is 17.7 Å². The number of phenolic OH excluding ortho intramolecular Hbond substituents is 1. The van der Waals surface area contributed by atoms with Gasteiger partial charge in [0.25, 0.3) is 0 Å². The number of ketones is 1. The van der Waals surface area contributed by atoms with E-state index in [1.165, 1.54) is 19.2 Å². The summed E-state index contributed by atoms with van der Waals surface area (Å²) in [6, 6.07) is 10.9. The van der Waals surface area contributed by atoms with Crippen LogP contribution in [-0.4, -0.2) is 29.1 Å². The van der Waals surface area contributed by atoms with Crippen LogP contribution in [-0.2, 0) is 6.42 Å². The van der Waals surface area contributed by atoms with E-state index in [1.807, 2.05) is 0 Å². The van der Waals surface area contributed by atoms with Gasteiger partial charge in [0.2, 0.25) is 0 Å². The number of ether oxygens (including phenoxy) is 1. The molecule has 0 aliphatic carbocycles. The van der Waals surface area contributed by atoms with E-state index in [4.69, 9.17) is 9.84 Å². The summed E-state index contributed by atoms with van der Waals surface area (Å²) in [4.78, 5) is 23.0. The van der Waals surface area contributed by atoms with Crippen molar-refractivity contribution in [3.05, 3.63) is 59.2 Å². The van der Waals surface area contributed by atoms with Crippen LogP contribution in [0.1, 0.15) is 32.7 Å². The lowest BCUT2D eigenvalue weighted by Gasteiger charge is -2.06. The number of carboxylic acids is 1. The maximum Gasteiger partial charge on any atom is 0.335 e. The summed E-state index contributed by atoms with van der Waals surface area (Å²) >= 11 is 0. The minimum Gasteiger partial charge on any atom is -0.504 e. The topological polar surface area (TPSA) is 83.8 Å². The lowest BCUT2D eigenvalue weighted by Crippen LogP contribution is -2.04. The maximum absolute atomic E-state index is 12.1. The fraction of sp³-hybridized carbons (Fsp3) is 0.176. The summed E-state index contributed by atoms with van der Waals surface area (Å²) < 4.78 is 4.96. The van der Waals surface area contributed by atoms with Crippen molar-refractivity contribution >= 4 is 11.8 Å². The Morgan fingerprint density at radius 3 is 2.45 bits per heavy atom. The second kappa shape index (κ2) is 6.76. The highest BCUT2D eigenvalue weighted by Gasteiger charge is 2.10. The fourth-order valence-corrected chi connectivity index (χ4v) is 2.12. The molecule has 0 aromatic heterocycles. The molecule has 0 spiro atoms. The van der Waals surface area contributed by atoms with Crippen LogP contribution < -0.4 is 4.74 Å². The van der Waals surface area contributed by atoms with E-state index in [2.05, 4.69) is 0 Å². The van der Waals surface area contributed by atoms with E-state index in [9.17, 15) is 14.7 Å². The average Bonchev–Trinajstić information content (AvgIpc) is 2.52. The van der Waals surface area contributed by atoms with Crippen molar-refractivity contribution in [3.8, 4) is 11.5 Å². The minimum absolute atomic E-state index is 0.0281. The number of carbonyl (C=O) groups excluding carboxylic acids is 1. The second-order valence-corrected chi connectivity index (χ2v) is 4.82. The Hall–Kier alpha value is -2.82. The third-order valence-electron chi connectivity index (χ3n) is 3.32. The van der Waals surface area contributed by atoms with Crippen LogP contribution in [0, 0.1) is 0 Å². The Morgan fingerprint density at radius 1 is 1.09 bits per heavy atom. The number of hydrogen-bond acceptors (Lipinski definition) is 4. The Balaban J connectivity index is 2.05. The van der Waals surface area contributed by atoms with Crippen molar-refractivity contribution in [3.63, 3.8) is 0 Å². The number of Topliss-reactive ketones (excluding diaryl/α,β-unsaturated/α-hetero) is 1. The van der Waals surface area contributed by atoms with Crippen LogP contribution in [0.3, 0.4) is 0 Å². The summed E-state index contributed by atoms with van der Waals surface area (Å²) in [5.41, 5.74) is 1.27. The highest BCUT2D eigenvalue weighted by atomic mass is 16.5. The number of rotatable bonds is 6. The summed E-state index contributed by atoms with van der Waals surface area (Å²) in [6.07, 6.45) is 0.683. The van der Waals surface area contributed by atoms with Crippen molar-refractivity contribution in [2.24, 2.45) is 0 Å². The van der Waals surface area contributed by atoms with Gasteiger partial charge >= 0.3 is 5.97 Å². The molecule has 0 bridgehead atoms. The van der Waals surface area contributed by atoms with Gasteiger partial charge in [-0.25, -0.2) is 4.79 Å². The van der Waals surface area contributed by atoms with Crippen molar-refractivity contribution in [1.82, 2.24) is 0 Å².